The second-order valence-corrected chi connectivity index (χ2v) is 5.24. The largest absolute Gasteiger partial charge is 0.465 e. The summed E-state index contributed by atoms with van der Waals surface area (Å²) in [5.41, 5.74) is 1.53. The number of nitrogens with zero attached hydrogens (tertiary/aromatic N) is 2. The quantitative estimate of drug-likeness (QED) is 0.925. The lowest BCUT2D eigenvalue weighted by molar-refractivity contribution is 0.150. The van der Waals surface area contributed by atoms with Gasteiger partial charge in [-0.2, -0.15) is 0 Å². The van der Waals surface area contributed by atoms with E-state index in [0.717, 1.165) is 17.7 Å². The van der Waals surface area contributed by atoms with Gasteiger partial charge in [0.05, 0.1) is 0 Å². The fourth-order valence-corrected chi connectivity index (χ4v) is 2.47. The molecule has 0 fully saturated rings. The van der Waals surface area contributed by atoms with E-state index in [1.807, 2.05) is 0 Å². The van der Waals surface area contributed by atoms with E-state index in [4.69, 9.17) is 9.84 Å². The van der Waals surface area contributed by atoms with Crippen LogP contribution in [0.4, 0.5) is 13.6 Å². The fourth-order valence-electron chi connectivity index (χ4n) is 2.47. The standard InChI is InChI=1S/C17H14F2N2O3/c18-12-3-4-15(14(19)10-12)24-16-13(2-1-7-20-16)11-5-8-21(9-6-11)17(22)23/h1-5,7,10H,6,8-9H2,(H,22,23). The molecular formula is C17H14F2N2O3. The molecule has 24 heavy (non-hydrogen) atoms. The molecule has 0 saturated heterocycles. The zero-order valence-electron chi connectivity index (χ0n) is 12.6. The summed E-state index contributed by atoms with van der Waals surface area (Å²) in [6.07, 6.45) is 2.82. The minimum Gasteiger partial charge on any atom is -0.465 e. The van der Waals surface area contributed by atoms with Crippen LogP contribution in [-0.2, 0) is 0 Å². The summed E-state index contributed by atoms with van der Waals surface area (Å²) in [5, 5.41) is 8.98. The van der Waals surface area contributed by atoms with Crippen LogP contribution in [0.1, 0.15) is 12.0 Å². The number of carbonyl (C=O) groups is 1. The fraction of sp³-hybridized carbons (Fsp3) is 0.176. The molecule has 7 heteroatoms. The summed E-state index contributed by atoms with van der Waals surface area (Å²) >= 11 is 0. The van der Waals surface area contributed by atoms with Crippen molar-refractivity contribution in [2.24, 2.45) is 0 Å². The molecule has 124 valence electrons. The van der Waals surface area contributed by atoms with Gasteiger partial charge in [-0.15, -0.1) is 0 Å². The van der Waals surface area contributed by atoms with Gasteiger partial charge in [-0.3, -0.25) is 0 Å². The van der Waals surface area contributed by atoms with Crippen molar-refractivity contribution in [1.29, 1.82) is 0 Å². The minimum absolute atomic E-state index is 0.125. The maximum absolute atomic E-state index is 13.8. The Labute approximate surface area is 136 Å². The summed E-state index contributed by atoms with van der Waals surface area (Å²) in [4.78, 5) is 16.4. The van der Waals surface area contributed by atoms with E-state index in [-0.39, 0.29) is 18.2 Å². The molecule has 3 rings (SSSR count). The molecule has 5 nitrogen and oxygen atoms in total. The molecule has 1 aliphatic rings. The van der Waals surface area contributed by atoms with Crippen molar-refractivity contribution in [2.75, 3.05) is 13.1 Å². The van der Waals surface area contributed by atoms with Gasteiger partial charge >= 0.3 is 6.09 Å². The zero-order chi connectivity index (χ0) is 17.1. The van der Waals surface area contributed by atoms with Gasteiger partial charge in [0.25, 0.3) is 0 Å². The molecule has 2 aromatic rings. The molecule has 1 aromatic heterocycles. The first kappa shape index (κ1) is 15.9. The Morgan fingerprint density at radius 3 is 2.79 bits per heavy atom. The molecule has 1 aliphatic heterocycles. The minimum atomic E-state index is -0.971. The van der Waals surface area contributed by atoms with E-state index in [0.29, 0.717) is 18.5 Å². The van der Waals surface area contributed by atoms with Crippen LogP contribution >= 0.6 is 0 Å². The highest BCUT2D eigenvalue weighted by Crippen LogP contribution is 2.32. The van der Waals surface area contributed by atoms with Gasteiger partial charge in [0.2, 0.25) is 5.88 Å². The molecule has 0 atom stereocenters. The van der Waals surface area contributed by atoms with E-state index < -0.39 is 17.7 Å². The first-order valence-corrected chi connectivity index (χ1v) is 7.30. The Kier molecular flexibility index (Phi) is 4.41. The second-order valence-electron chi connectivity index (χ2n) is 5.24. The first-order valence-electron chi connectivity index (χ1n) is 7.30. The number of aromatic nitrogens is 1. The average Bonchev–Trinajstić information content (AvgIpc) is 2.58. The molecular weight excluding hydrogens is 318 g/mol. The monoisotopic (exact) mass is 332 g/mol. The molecule has 1 N–H and O–H groups in total. The molecule has 0 bridgehead atoms. The molecule has 0 radical (unpaired) electrons. The van der Waals surface area contributed by atoms with Crippen molar-refractivity contribution in [2.45, 2.75) is 6.42 Å². The lowest BCUT2D eigenvalue weighted by atomic mass is 10.0. The zero-order valence-corrected chi connectivity index (χ0v) is 12.6. The van der Waals surface area contributed by atoms with Crippen LogP contribution in [0.15, 0.2) is 42.6 Å². The number of benzene rings is 1. The molecule has 1 amide bonds. The average molecular weight is 332 g/mol. The second kappa shape index (κ2) is 6.66. The number of halogens is 2. The third-order valence-electron chi connectivity index (χ3n) is 3.70. The highest BCUT2D eigenvalue weighted by Gasteiger charge is 2.20. The highest BCUT2D eigenvalue weighted by atomic mass is 19.1. The number of hydrogen-bond donors (Lipinski definition) is 1. The van der Waals surface area contributed by atoms with Crippen molar-refractivity contribution >= 4 is 11.7 Å². The summed E-state index contributed by atoms with van der Waals surface area (Å²) in [6, 6.07) is 6.53. The Bertz CT molecular complexity index is 808. The highest BCUT2D eigenvalue weighted by molar-refractivity contribution is 5.73. The smallest absolute Gasteiger partial charge is 0.407 e. The molecule has 2 heterocycles. The predicted octanol–water partition coefficient (Wildman–Crippen LogP) is 3.92. The number of amides is 1. The lowest BCUT2D eigenvalue weighted by Gasteiger charge is -2.24. The number of hydrogen-bond acceptors (Lipinski definition) is 3. The van der Waals surface area contributed by atoms with Gasteiger partial charge in [0, 0.05) is 30.9 Å². The molecule has 1 aromatic carbocycles. The Morgan fingerprint density at radius 1 is 1.29 bits per heavy atom. The third-order valence-corrected chi connectivity index (χ3v) is 3.70. The predicted molar refractivity (Wildman–Crippen MR) is 82.9 cm³/mol. The van der Waals surface area contributed by atoms with Crippen molar-refractivity contribution in [3.63, 3.8) is 0 Å². The van der Waals surface area contributed by atoms with Crippen LogP contribution in [0.2, 0.25) is 0 Å². The Balaban J connectivity index is 1.87. The van der Waals surface area contributed by atoms with Crippen LogP contribution in [-0.4, -0.2) is 34.2 Å². The van der Waals surface area contributed by atoms with E-state index in [9.17, 15) is 13.6 Å². The van der Waals surface area contributed by atoms with Crippen LogP contribution in [0.3, 0.4) is 0 Å². The molecule has 0 saturated carbocycles. The van der Waals surface area contributed by atoms with E-state index in [2.05, 4.69) is 4.98 Å². The number of carboxylic acid groups (broad SMARTS) is 1. The van der Waals surface area contributed by atoms with Crippen molar-refractivity contribution < 1.29 is 23.4 Å². The van der Waals surface area contributed by atoms with Gasteiger partial charge in [-0.05, 0) is 36.3 Å². The number of pyridine rings is 1. The maximum atomic E-state index is 13.8. The lowest BCUT2D eigenvalue weighted by Crippen LogP contribution is -2.33. The normalized spacial score (nSPS) is 14.2. The molecule has 0 unspecified atom stereocenters. The van der Waals surface area contributed by atoms with Crippen molar-refractivity contribution in [3.05, 3.63) is 59.8 Å². The first-order chi connectivity index (χ1) is 11.5. The summed E-state index contributed by atoms with van der Waals surface area (Å²) in [7, 11) is 0. The summed E-state index contributed by atoms with van der Waals surface area (Å²) in [5.74, 6) is -1.44. The van der Waals surface area contributed by atoms with Crippen LogP contribution in [0.5, 0.6) is 11.6 Å². The van der Waals surface area contributed by atoms with Crippen molar-refractivity contribution in [1.82, 2.24) is 9.88 Å². The Morgan fingerprint density at radius 2 is 2.12 bits per heavy atom. The number of rotatable bonds is 3. The van der Waals surface area contributed by atoms with E-state index in [1.54, 1.807) is 18.2 Å². The van der Waals surface area contributed by atoms with E-state index in [1.165, 1.54) is 17.2 Å². The van der Waals surface area contributed by atoms with Gasteiger partial charge in [0.1, 0.15) is 5.82 Å². The summed E-state index contributed by atoms with van der Waals surface area (Å²) in [6.45, 7) is 0.629. The van der Waals surface area contributed by atoms with Gasteiger partial charge in [0.15, 0.2) is 11.6 Å². The topological polar surface area (TPSA) is 62.7 Å². The van der Waals surface area contributed by atoms with E-state index >= 15 is 0 Å². The van der Waals surface area contributed by atoms with Crippen LogP contribution < -0.4 is 4.74 Å². The molecule has 0 spiro atoms. The molecule has 0 aliphatic carbocycles. The third kappa shape index (κ3) is 3.34. The van der Waals surface area contributed by atoms with Gasteiger partial charge in [-0.1, -0.05) is 6.08 Å². The van der Waals surface area contributed by atoms with Crippen LogP contribution in [0, 0.1) is 11.6 Å². The van der Waals surface area contributed by atoms with Crippen LogP contribution in [0.25, 0.3) is 5.57 Å². The Hall–Kier alpha value is -2.96. The van der Waals surface area contributed by atoms with Gasteiger partial charge in [-0.25, -0.2) is 18.6 Å². The maximum Gasteiger partial charge on any atom is 0.407 e. The number of ether oxygens (including phenoxy) is 1. The SMILES string of the molecule is O=C(O)N1CC=C(c2cccnc2Oc2ccc(F)cc2F)CC1. The van der Waals surface area contributed by atoms with Crippen molar-refractivity contribution in [3.8, 4) is 11.6 Å². The summed E-state index contributed by atoms with van der Waals surface area (Å²) < 4.78 is 32.3. The van der Waals surface area contributed by atoms with Gasteiger partial charge < -0.3 is 14.7 Å².